The topological polar surface area (TPSA) is 102 Å². The first kappa shape index (κ1) is 26.1. The summed E-state index contributed by atoms with van der Waals surface area (Å²) in [5, 5.41) is 6.20. The molecule has 3 heterocycles. The van der Waals surface area contributed by atoms with E-state index >= 15 is 0 Å². The Balaban J connectivity index is 1.46. The molecule has 3 amide bonds. The summed E-state index contributed by atoms with van der Waals surface area (Å²) in [6, 6.07) is 5.33. The second kappa shape index (κ2) is 11.0. The van der Waals surface area contributed by atoms with Crippen LogP contribution >= 0.6 is 0 Å². The van der Waals surface area contributed by atoms with E-state index < -0.39 is 12.1 Å². The Morgan fingerprint density at radius 2 is 1.81 bits per heavy atom. The molecule has 196 valence electrons. The van der Waals surface area contributed by atoms with E-state index in [0.29, 0.717) is 24.9 Å². The molecule has 0 aliphatic carbocycles. The van der Waals surface area contributed by atoms with Crippen LogP contribution in [0.25, 0.3) is 0 Å². The van der Waals surface area contributed by atoms with Gasteiger partial charge in [-0.05, 0) is 62.4 Å². The summed E-state index contributed by atoms with van der Waals surface area (Å²) < 4.78 is 0. The van der Waals surface area contributed by atoms with E-state index in [-0.39, 0.29) is 48.1 Å². The minimum absolute atomic E-state index is 0.0296. The number of hydrogen-bond donors (Lipinski definition) is 2. The molecule has 1 unspecified atom stereocenters. The van der Waals surface area contributed by atoms with Crippen LogP contribution in [0.2, 0.25) is 0 Å². The number of piperidine rings is 1. The van der Waals surface area contributed by atoms with E-state index in [1.54, 1.807) is 21.9 Å². The van der Waals surface area contributed by atoms with Crippen LogP contribution in [0, 0.1) is 5.92 Å². The first-order valence-corrected chi connectivity index (χ1v) is 13.1. The summed E-state index contributed by atoms with van der Waals surface area (Å²) in [7, 11) is 3.86. The van der Waals surface area contributed by atoms with Crippen molar-refractivity contribution in [3.8, 4) is 0 Å². The van der Waals surface area contributed by atoms with Crippen molar-refractivity contribution in [1.82, 2.24) is 20.4 Å². The average molecular weight is 498 g/mol. The number of benzene rings is 1. The fraction of sp³-hybridized carbons (Fsp3) is 0.630. The Kier molecular flexibility index (Phi) is 7.97. The fourth-order valence-corrected chi connectivity index (χ4v) is 5.67. The molecule has 9 heteroatoms. The van der Waals surface area contributed by atoms with Gasteiger partial charge in [0.2, 0.25) is 11.8 Å². The molecule has 1 aromatic carbocycles. The number of nitrogens with zero attached hydrogens (tertiary/aromatic N) is 3. The van der Waals surface area contributed by atoms with Crippen molar-refractivity contribution in [3.05, 3.63) is 29.8 Å². The quantitative estimate of drug-likeness (QED) is 0.591. The molecule has 3 aliphatic heterocycles. The highest BCUT2D eigenvalue weighted by atomic mass is 16.2. The van der Waals surface area contributed by atoms with Gasteiger partial charge in [-0.2, -0.15) is 0 Å². The number of nitrogens with one attached hydrogen (secondary N) is 2. The lowest BCUT2D eigenvalue weighted by molar-refractivity contribution is -0.138. The van der Waals surface area contributed by atoms with Crippen molar-refractivity contribution >= 4 is 29.2 Å². The van der Waals surface area contributed by atoms with Gasteiger partial charge >= 0.3 is 0 Å². The van der Waals surface area contributed by atoms with Crippen LogP contribution in [0.5, 0.6) is 0 Å². The van der Waals surface area contributed by atoms with Gasteiger partial charge in [-0.15, -0.1) is 0 Å². The van der Waals surface area contributed by atoms with Gasteiger partial charge in [0.05, 0.1) is 18.6 Å². The van der Waals surface area contributed by atoms with Gasteiger partial charge in [0.15, 0.2) is 5.78 Å². The van der Waals surface area contributed by atoms with Crippen molar-refractivity contribution in [2.45, 2.75) is 70.1 Å². The van der Waals surface area contributed by atoms with Crippen LogP contribution in [-0.2, 0) is 14.4 Å². The lowest BCUT2D eigenvalue weighted by Gasteiger charge is -2.31. The minimum Gasteiger partial charge on any atom is -0.378 e. The van der Waals surface area contributed by atoms with Crippen LogP contribution in [0.4, 0.5) is 5.69 Å². The summed E-state index contributed by atoms with van der Waals surface area (Å²) in [6.45, 7) is 5.28. The molecule has 0 radical (unpaired) electrons. The number of ketones is 1. The van der Waals surface area contributed by atoms with Crippen molar-refractivity contribution < 1.29 is 19.2 Å². The second-order valence-corrected chi connectivity index (χ2v) is 10.9. The highest BCUT2D eigenvalue weighted by Gasteiger charge is 2.52. The normalized spacial score (nSPS) is 24.6. The molecule has 9 nitrogen and oxygen atoms in total. The Morgan fingerprint density at radius 3 is 2.42 bits per heavy atom. The van der Waals surface area contributed by atoms with E-state index in [2.05, 4.69) is 10.6 Å². The number of likely N-dealkylation sites (tertiary alicyclic amines) is 2. The van der Waals surface area contributed by atoms with Gasteiger partial charge in [-0.25, -0.2) is 0 Å². The van der Waals surface area contributed by atoms with Crippen LogP contribution in [0.3, 0.4) is 0 Å². The third kappa shape index (κ3) is 5.40. The number of hydrogen-bond acceptors (Lipinski definition) is 6. The molecule has 4 atom stereocenters. The third-order valence-corrected chi connectivity index (χ3v) is 7.55. The second-order valence-electron chi connectivity index (χ2n) is 10.9. The maximum Gasteiger partial charge on any atom is 0.251 e. The monoisotopic (exact) mass is 497 g/mol. The molecule has 1 aromatic rings. The Morgan fingerprint density at radius 1 is 1.08 bits per heavy atom. The van der Waals surface area contributed by atoms with Crippen molar-refractivity contribution in [2.24, 2.45) is 5.92 Å². The van der Waals surface area contributed by atoms with Crippen LogP contribution in [-0.4, -0.2) is 91.2 Å². The molecular formula is C27H39N5O4. The summed E-state index contributed by atoms with van der Waals surface area (Å²) in [6.07, 6.45) is 3.88. The highest BCUT2D eigenvalue weighted by molar-refractivity contribution is 6.01. The first-order valence-electron chi connectivity index (χ1n) is 13.1. The smallest absolute Gasteiger partial charge is 0.251 e. The zero-order valence-corrected chi connectivity index (χ0v) is 21.8. The van der Waals surface area contributed by atoms with E-state index in [1.165, 1.54) is 0 Å². The number of carbonyl (C=O) groups excluding carboxylic acids is 4. The van der Waals surface area contributed by atoms with Crippen molar-refractivity contribution in [3.63, 3.8) is 0 Å². The molecular weight excluding hydrogens is 458 g/mol. The molecule has 0 bridgehead atoms. The maximum absolute atomic E-state index is 13.7. The zero-order valence-electron chi connectivity index (χ0n) is 21.8. The van der Waals surface area contributed by atoms with E-state index in [0.717, 1.165) is 31.5 Å². The molecule has 0 saturated carbocycles. The number of fused-ring (bicyclic) bond motifs is 1. The van der Waals surface area contributed by atoms with E-state index in [1.807, 2.05) is 45.0 Å². The fourth-order valence-electron chi connectivity index (χ4n) is 5.67. The van der Waals surface area contributed by atoms with Crippen LogP contribution < -0.4 is 15.5 Å². The van der Waals surface area contributed by atoms with Gasteiger partial charge in [-0.3, -0.25) is 19.2 Å². The summed E-state index contributed by atoms with van der Waals surface area (Å²) in [5.41, 5.74) is 1.46. The van der Waals surface area contributed by atoms with Crippen LogP contribution in [0.1, 0.15) is 56.3 Å². The number of rotatable bonds is 7. The number of anilines is 1. The lowest BCUT2D eigenvalue weighted by atomic mass is 10.0. The number of amides is 3. The summed E-state index contributed by atoms with van der Waals surface area (Å²) in [4.78, 5) is 58.2. The van der Waals surface area contributed by atoms with Gasteiger partial charge < -0.3 is 25.3 Å². The van der Waals surface area contributed by atoms with Crippen molar-refractivity contribution in [1.29, 1.82) is 0 Å². The summed E-state index contributed by atoms with van der Waals surface area (Å²) >= 11 is 0. The molecule has 2 N–H and O–H groups in total. The molecule has 0 aromatic heterocycles. The van der Waals surface area contributed by atoms with Gasteiger partial charge in [-0.1, -0.05) is 20.3 Å². The Hall–Kier alpha value is -2.94. The average Bonchev–Trinajstić information content (AvgIpc) is 3.44. The summed E-state index contributed by atoms with van der Waals surface area (Å²) in [5.74, 6) is -0.508. The third-order valence-electron chi connectivity index (χ3n) is 7.55. The Labute approximate surface area is 213 Å². The molecule has 3 aliphatic rings. The SMILES string of the molecule is CC(C)CC(NC(=O)c1ccc(N(C)C)cc1)C(=O)N1CC[C@@H]2[C@H]1C(=O)CN2C(=O)[C@@H]1CCCCN1. The van der Waals surface area contributed by atoms with Crippen LogP contribution in [0.15, 0.2) is 24.3 Å². The first-order chi connectivity index (χ1) is 17.2. The predicted molar refractivity (Wildman–Crippen MR) is 138 cm³/mol. The predicted octanol–water partition coefficient (Wildman–Crippen LogP) is 1.42. The molecule has 3 fully saturated rings. The molecule has 4 rings (SSSR count). The minimum atomic E-state index is -0.734. The Bertz CT molecular complexity index is 986. The van der Waals surface area contributed by atoms with Gasteiger partial charge in [0, 0.05) is 31.9 Å². The highest BCUT2D eigenvalue weighted by Crippen LogP contribution is 2.32. The van der Waals surface area contributed by atoms with E-state index in [4.69, 9.17) is 0 Å². The molecule has 0 spiro atoms. The lowest BCUT2D eigenvalue weighted by Crippen LogP contribution is -2.53. The van der Waals surface area contributed by atoms with E-state index in [9.17, 15) is 19.2 Å². The maximum atomic E-state index is 13.7. The molecule has 36 heavy (non-hydrogen) atoms. The molecule has 3 saturated heterocycles. The van der Waals surface area contributed by atoms with Crippen molar-refractivity contribution in [2.75, 3.05) is 38.6 Å². The van der Waals surface area contributed by atoms with Gasteiger partial charge in [0.25, 0.3) is 5.91 Å². The zero-order chi connectivity index (χ0) is 26.0. The van der Waals surface area contributed by atoms with Gasteiger partial charge in [0.1, 0.15) is 12.1 Å². The number of Topliss-reactive ketones (excluding diaryl/α,β-unsaturated/α-hetero) is 1. The number of carbonyl (C=O) groups is 4. The largest absolute Gasteiger partial charge is 0.378 e. The standard InChI is InChI=1S/C27H39N5O4/c1-17(2)15-21(29-25(34)18-8-10-19(11-9-18)30(3)4)27(36)31-14-12-22-24(31)23(33)16-32(22)26(35)20-7-5-6-13-28-20/h8-11,17,20-22,24,28H,5-7,12-16H2,1-4H3,(H,29,34)/t20-,21?,22+,24-/m0/s1.